The molecular weight excluding hydrogens is 226 g/mol. The van der Waals surface area contributed by atoms with E-state index in [9.17, 15) is 9.59 Å². The van der Waals surface area contributed by atoms with Crippen LogP contribution in [0.25, 0.3) is 11.2 Å². The number of nitrogens with zero attached hydrogens (tertiary/aromatic N) is 3. The van der Waals surface area contributed by atoms with Crippen LogP contribution >= 0.6 is 0 Å². The average molecular weight is 237 g/mol. The highest BCUT2D eigenvalue weighted by atomic mass is 16.4. The van der Waals surface area contributed by atoms with Crippen LogP contribution in [0.1, 0.15) is 6.42 Å². The van der Waals surface area contributed by atoms with Gasteiger partial charge in [-0.3, -0.25) is 9.59 Å². The zero-order chi connectivity index (χ0) is 12.4. The standard InChI is InChI=1S/C9H11N5O3/c10-5(9(16)17)1-2-14-4-13-6-7(14)11-3-12-8(6)15/h3-5H,1-2,10H2,(H,16,17)(H,11,12,15). The minimum Gasteiger partial charge on any atom is -0.480 e. The number of nitrogens with two attached hydrogens (primary N) is 1. The first-order valence-electron chi connectivity index (χ1n) is 4.96. The van der Waals surface area contributed by atoms with E-state index in [1.165, 1.54) is 12.7 Å². The molecule has 4 N–H and O–H groups in total. The molecule has 0 aliphatic heterocycles. The molecule has 0 aliphatic rings. The Morgan fingerprint density at radius 3 is 3.06 bits per heavy atom. The summed E-state index contributed by atoms with van der Waals surface area (Å²) in [6.07, 6.45) is 2.97. The lowest BCUT2D eigenvalue weighted by molar-refractivity contribution is -0.138. The number of rotatable bonds is 4. The van der Waals surface area contributed by atoms with Gasteiger partial charge < -0.3 is 20.4 Å². The van der Waals surface area contributed by atoms with E-state index in [0.29, 0.717) is 12.2 Å². The van der Waals surface area contributed by atoms with Gasteiger partial charge in [0.15, 0.2) is 11.2 Å². The van der Waals surface area contributed by atoms with Crippen molar-refractivity contribution in [3.8, 4) is 0 Å². The number of carbonyl (C=O) groups is 1. The lowest BCUT2D eigenvalue weighted by atomic mass is 10.2. The Kier molecular flexibility index (Phi) is 2.88. The first-order chi connectivity index (χ1) is 8.09. The molecule has 0 fully saturated rings. The second-order valence-corrected chi connectivity index (χ2v) is 3.58. The second-order valence-electron chi connectivity index (χ2n) is 3.58. The smallest absolute Gasteiger partial charge is 0.320 e. The van der Waals surface area contributed by atoms with Crippen LogP contribution in [0.5, 0.6) is 0 Å². The molecule has 0 amide bonds. The summed E-state index contributed by atoms with van der Waals surface area (Å²) in [7, 11) is 0. The van der Waals surface area contributed by atoms with E-state index in [1.54, 1.807) is 4.57 Å². The van der Waals surface area contributed by atoms with Crippen LogP contribution in [0.15, 0.2) is 17.4 Å². The fraction of sp³-hybridized carbons (Fsp3) is 0.333. The first-order valence-corrected chi connectivity index (χ1v) is 4.96. The van der Waals surface area contributed by atoms with Gasteiger partial charge in [0.25, 0.3) is 5.56 Å². The summed E-state index contributed by atoms with van der Waals surface area (Å²) < 4.78 is 1.60. The minimum absolute atomic E-state index is 0.233. The van der Waals surface area contributed by atoms with E-state index in [0.717, 1.165) is 0 Å². The third-order valence-electron chi connectivity index (χ3n) is 2.41. The molecule has 0 aliphatic carbocycles. The molecule has 8 nitrogen and oxygen atoms in total. The monoisotopic (exact) mass is 237 g/mol. The van der Waals surface area contributed by atoms with Gasteiger partial charge in [0.2, 0.25) is 0 Å². The molecule has 1 unspecified atom stereocenters. The second kappa shape index (κ2) is 4.34. The van der Waals surface area contributed by atoms with Crippen LogP contribution in [0.3, 0.4) is 0 Å². The maximum atomic E-state index is 11.3. The quantitative estimate of drug-likeness (QED) is 0.620. The molecule has 90 valence electrons. The molecule has 2 aromatic rings. The minimum atomic E-state index is -1.06. The van der Waals surface area contributed by atoms with Gasteiger partial charge in [-0.1, -0.05) is 0 Å². The van der Waals surface area contributed by atoms with Crippen LogP contribution in [0.4, 0.5) is 0 Å². The van der Waals surface area contributed by atoms with E-state index in [1.807, 2.05) is 0 Å². The summed E-state index contributed by atoms with van der Waals surface area (Å²) in [5.41, 5.74) is 5.72. The van der Waals surface area contributed by atoms with E-state index >= 15 is 0 Å². The number of H-pyrrole nitrogens is 1. The predicted molar refractivity (Wildman–Crippen MR) is 58.4 cm³/mol. The Bertz CT molecular complexity index is 602. The molecule has 0 bridgehead atoms. The van der Waals surface area contributed by atoms with Crippen LogP contribution in [-0.2, 0) is 11.3 Å². The zero-order valence-electron chi connectivity index (χ0n) is 8.83. The topological polar surface area (TPSA) is 127 Å². The Morgan fingerprint density at radius 2 is 2.35 bits per heavy atom. The maximum absolute atomic E-state index is 11.3. The SMILES string of the molecule is NC(CCn1cnc2c(=O)[nH]cnc21)C(=O)O. The number of aryl methyl sites for hydroxylation is 1. The first kappa shape index (κ1) is 11.3. The molecule has 0 saturated carbocycles. The van der Waals surface area contributed by atoms with Gasteiger partial charge in [-0.2, -0.15) is 0 Å². The number of aromatic nitrogens is 4. The molecule has 17 heavy (non-hydrogen) atoms. The Labute approximate surface area is 95.1 Å². The Morgan fingerprint density at radius 1 is 1.59 bits per heavy atom. The van der Waals surface area contributed by atoms with Crippen molar-refractivity contribution in [1.29, 1.82) is 0 Å². The normalized spacial score (nSPS) is 12.8. The van der Waals surface area contributed by atoms with Crippen LogP contribution in [0.2, 0.25) is 0 Å². The molecule has 2 heterocycles. The summed E-state index contributed by atoms with van der Waals surface area (Å²) in [4.78, 5) is 32.2. The average Bonchev–Trinajstić information content (AvgIpc) is 2.70. The van der Waals surface area contributed by atoms with Crippen molar-refractivity contribution in [3.05, 3.63) is 23.0 Å². The van der Waals surface area contributed by atoms with E-state index in [2.05, 4.69) is 15.0 Å². The van der Waals surface area contributed by atoms with Gasteiger partial charge in [-0.25, -0.2) is 9.97 Å². The molecule has 0 saturated heterocycles. The number of carboxylic acid groups (broad SMARTS) is 1. The lowest BCUT2D eigenvalue weighted by Crippen LogP contribution is -2.31. The molecule has 0 aromatic carbocycles. The number of imidazole rings is 1. The molecule has 2 rings (SSSR count). The number of fused-ring (bicyclic) bond motifs is 1. The number of hydrogen-bond acceptors (Lipinski definition) is 5. The van der Waals surface area contributed by atoms with Gasteiger partial charge in [0, 0.05) is 6.54 Å². The molecule has 0 radical (unpaired) electrons. The molecule has 2 aromatic heterocycles. The molecular formula is C9H11N5O3. The summed E-state index contributed by atoms with van der Waals surface area (Å²) in [6, 6.07) is -0.936. The molecule has 0 spiro atoms. The Balaban J connectivity index is 2.23. The number of nitrogens with one attached hydrogen (secondary N) is 1. The highest BCUT2D eigenvalue weighted by Gasteiger charge is 2.13. The number of aromatic amines is 1. The lowest BCUT2D eigenvalue weighted by Gasteiger charge is -2.06. The van der Waals surface area contributed by atoms with Gasteiger partial charge in [-0.05, 0) is 6.42 Å². The molecule has 8 heteroatoms. The molecule has 1 atom stereocenters. The van der Waals surface area contributed by atoms with E-state index in [-0.39, 0.29) is 17.5 Å². The highest BCUT2D eigenvalue weighted by molar-refractivity contribution is 5.73. The van der Waals surface area contributed by atoms with Gasteiger partial charge >= 0.3 is 5.97 Å². The number of carboxylic acids is 1. The zero-order valence-corrected chi connectivity index (χ0v) is 8.83. The third-order valence-corrected chi connectivity index (χ3v) is 2.41. The summed E-state index contributed by atoms with van der Waals surface area (Å²) in [6.45, 7) is 0.348. The van der Waals surface area contributed by atoms with E-state index < -0.39 is 12.0 Å². The van der Waals surface area contributed by atoms with Crippen molar-refractivity contribution >= 4 is 17.1 Å². The van der Waals surface area contributed by atoms with Crippen LogP contribution < -0.4 is 11.3 Å². The van der Waals surface area contributed by atoms with Crippen LogP contribution in [-0.4, -0.2) is 36.6 Å². The largest absolute Gasteiger partial charge is 0.480 e. The fourth-order valence-electron chi connectivity index (χ4n) is 1.46. The summed E-state index contributed by atoms with van der Waals surface area (Å²) >= 11 is 0. The number of aliphatic carboxylic acids is 1. The number of hydrogen-bond donors (Lipinski definition) is 3. The van der Waals surface area contributed by atoms with Gasteiger partial charge in [-0.15, -0.1) is 0 Å². The fourth-order valence-corrected chi connectivity index (χ4v) is 1.46. The summed E-state index contributed by atoms with van der Waals surface area (Å²) in [5.74, 6) is -1.06. The van der Waals surface area contributed by atoms with Crippen LogP contribution in [0, 0.1) is 0 Å². The third kappa shape index (κ3) is 2.16. The van der Waals surface area contributed by atoms with E-state index in [4.69, 9.17) is 10.8 Å². The van der Waals surface area contributed by atoms with Crippen molar-refractivity contribution in [3.63, 3.8) is 0 Å². The van der Waals surface area contributed by atoms with Crippen molar-refractivity contribution in [2.75, 3.05) is 0 Å². The Hall–Kier alpha value is -2.22. The van der Waals surface area contributed by atoms with Crippen molar-refractivity contribution in [2.45, 2.75) is 19.0 Å². The maximum Gasteiger partial charge on any atom is 0.320 e. The van der Waals surface area contributed by atoms with Gasteiger partial charge in [0.05, 0.1) is 12.7 Å². The van der Waals surface area contributed by atoms with Crippen molar-refractivity contribution in [2.24, 2.45) is 5.73 Å². The van der Waals surface area contributed by atoms with Crippen molar-refractivity contribution < 1.29 is 9.90 Å². The van der Waals surface area contributed by atoms with Crippen molar-refractivity contribution in [1.82, 2.24) is 19.5 Å². The highest BCUT2D eigenvalue weighted by Crippen LogP contribution is 2.05. The summed E-state index contributed by atoms with van der Waals surface area (Å²) in [5, 5.41) is 8.65. The van der Waals surface area contributed by atoms with Gasteiger partial charge in [0.1, 0.15) is 6.04 Å². The predicted octanol–water partition coefficient (Wildman–Crippen LogP) is -1.08.